The molecule has 0 fully saturated rings. The van der Waals surface area contributed by atoms with Crippen molar-refractivity contribution in [2.45, 2.75) is 72.1 Å². The van der Waals surface area contributed by atoms with Crippen molar-refractivity contribution >= 4 is 6.34 Å². The summed E-state index contributed by atoms with van der Waals surface area (Å²) in [6, 6.07) is 0. The highest BCUT2D eigenvalue weighted by molar-refractivity contribution is 5.54. The Kier molecular flexibility index (Phi) is 10.2. The van der Waals surface area contributed by atoms with Gasteiger partial charge in [0.15, 0.2) is 0 Å². The van der Waals surface area contributed by atoms with Gasteiger partial charge in [0.2, 0.25) is 0 Å². The number of nitrogens with zero attached hydrogens (tertiary/aromatic N) is 1. The van der Waals surface area contributed by atoms with E-state index in [0.29, 0.717) is 0 Å². The Hall–Kier alpha value is -1.05. The lowest BCUT2D eigenvalue weighted by molar-refractivity contribution is 0.308. The molecule has 1 unspecified atom stereocenters. The van der Waals surface area contributed by atoms with Crippen molar-refractivity contribution < 1.29 is 0 Å². The molecule has 0 aliphatic heterocycles. The number of unbranched alkanes of at least 4 members (excludes halogenated alkanes) is 4. The third kappa shape index (κ3) is 7.19. The van der Waals surface area contributed by atoms with E-state index in [4.69, 9.17) is 5.73 Å². The average Bonchev–Trinajstić information content (AvgIpc) is 2.41. The van der Waals surface area contributed by atoms with Gasteiger partial charge in [-0.05, 0) is 18.9 Å². The summed E-state index contributed by atoms with van der Waals surface area (Å²) < 4.78 is 0. The minimum absolute atomic E-state index is 0.133. The number of aliphatic imine (C=N–C) groups is 1. The molecule has 0 aromatic heterocycles. The van der Waals surface area contributed by atoms with Crippen LogP contribution in [0.15, 0.2) is 29.4 Å². The standard InChI is InChI=1S/C17H32N2/c1-5-8-10-11-14-17(4,13-9-6-2)16(12-7-3)19-15-18/h7,12,15H,3,5-6,8-11,13-14H2,1-2,4H3,(H2,18,19)/b16-12-. The highest BCUT2D eigenvalue weighted by Crippen LogP contribution is 2.39. The lowest BCUT2D eigenvalue weighted by atomic mass is 9.77. The molecule has 0 aliphatic carbocycles. The van der Waals surface area contributed by atoms with E-state index in [0.717, 1.165) is 5.70 Å². The first-order valence-electron chi connectivity index (χ1n) is 7.72. The lowest BCUT2D eigenvalue weighted by Gasteiger charge is -2.30. The van der Waals surface area contributed by atoms with E-state index in [1.165, 1.54) is 57.7 Å². The van der Waals surface area contributed by atoms with Gasteiger partial charge in [0.25, 0.3) is 0 Å². The van der Waals surface area contributed by atoms with Crippen LogP contribution in [0.2, 0.25) is 0 Å². The van der Waals surface area contributed by atoms with Gasteiger partial charge < -0.3 is 5.73 Å². The molecular formula is C17H32N2. The Bertz CT molecular complexity index is 292. The van der Waals surface area contributed by atoms with Gasteiger partial charge in [-0.3, -0.25) is 0 Å². The first kappa shape index (κ1) is 17.9. The highest BCUT2D eigenvalue weighted by Gasteiger charge is 2.27. The van der Waals surface area contributed by atoms with Gasteiger partial charge in [0.05, 0.1) is 6.34 Å². The van der Waals surface area contributed by atoms with Gasteiger partial charge in [-0.15, -0.1) is 0 Å². The van der Waals surface area contributed by atoms with E-state index in [9.17, 15) is 0 Å². The van der Waals surface area contributed by atoms with Gasteiger partial charge in [-0.25, -0.2) is 4.99 Å². The number of hydrogen-bond donors (Lipinski definition) is 1. The Morgan fingerprint density at radius 1 is 1.11 bits per heavy atom. The third-order valence-corrected chi connectivity index (χ3v) is 3.77. The molecule has 0 saturated heterocycles. The maximum Gasteiger partial charge on any atom is 0.0856 e. The van der Waals surface area contributed by atoms with Crippen molar-refractivity contribution in [3.63, 3.8) is 0 Å². The second kappa shape index (κ2) is 10.8. The molecule has 2 heteroatoms. The predicted molar refractivity (Wildman–Crippen MR) is 87.4 cm³/mol. The molecule has 0 amide bonds. The zero-order valence-electron chi connectivity index (χ0n) is 13.1. The molecule has 0 aromatic carbocycles. The fourth-order valence-electron chi connectivity index (χ4n) is 2.48. The van der Waals surface area contributed by atoms with E-state index < -0.39 is 0 Å². The highest BCUT2D eigenvalue weighted by atomic mass is 14.8. The van der Waals surface area contributed by atoms with Crippen LogP contribution in [0.3, 0.4) is 0 Å². The number of rotatable bonds is 11. The molecule has 2 nitrogen and oxygen atoms in total. The van der Waals surface area contributed by atoms with E-state index in [2.05, 4.69) is 32.3 Å². The smallest absolute Gasteiger partial charge is 0.0856 e. The minimum Gasteiger partial charge on any atom is -0.390 e. The summed E-state index contributed by atoms with van der Waals surface area (Å²) in [6.45, 7) is 10.6. The van der Waals surface area contributed by atoms with Crippen LogP contribution in [0, 0.1) is 5.41 Å². The van der Waals surface area contributed by atoms with Crippen molar-refractivity contribution in [3.8, 4) is 0 Å². The van der Waals surface area contributed by atoms with Crippen molar-refractivity contribution in [2.75, 3.05) is 0 Å². The van der Waals surface area contributed by atoms with Gasteiger partial charge in [-0.1, -0.05) is 72.0 Å². The van der Waals surface area contributed by atoms with Crippen molar-refractivity contribution in [3.05, 3.63) is 24.4 Å². The Labute approximate surface area is 119 Å². The molecule has 0 spiro atoms. The second-order valence-corrected chi connectivity index (χ2v) is 5.54. The third-order valence-electron chi connectivity index (χ3n) is 3.77. The SMILES string of the molecule is C=C/C=C(\N=CN)C(C)(CCCC)CCCCCC. The van der Waals surface area contributed by atoms with E-state index >= 15 is 0 Å². The zero-order chi connectivity index (χ0) is 14.6. The molecule has 110 valence electrons. The summed E-state index contributed by atoms with van der Waals surface area (Å²) in [6.07, 6.45) is 15.2. The van der Waals surface area contributed by atoms with E-state index in [1.807, 2.05) is 12.2 Å². The molecule has 2 N–H and O–H groups in total. The number of hydrogen-bond acceptors (Lipinski definition) is 1. The minimum atomic E-state index is 0.133. The van der Waals surface area contributed by atoms with E-state index in [-0.39, 0.29) is 5.41 Å². The lowest BCUT2D eigenvalue weighted by Crippen LogP contribution is -2.19. The van der Waals surface area contributed by atoms with E-state index in [1.54, 1.807) is 0 Å². The van der Waals surface area contributed by atoms with Gasteiger partial charge in [0.1, 0.15) is 0 Å². The van der Waals surface area contributed by atoms with Crippen LogP contribution in [-0.4, -0.2) is 6.34 Å². The van der Waals surface area contributed by atoms with Gasteiger partial charge >= 0.3 is 0 Å². The summed E-state index contributed by atoms with van der Waals surface area (Å²) in [7, 11) is 0. The Balaban J connectivity index is 4.80. The maximum atomic E-state index is 5.49. The van der Waals surface area contributed by atoms with Crippen LogP contribution in [0.25, 0.3) is 0 Å². The number of nitrogens with two attached hydrogens (primary N) is 1. The van der Waals surface area contributed by atoms with Crippen molar-refractivity contribution in [1.29, 1.82) is 0 Å². The summed E-state index contributed by atoms with van der Waals surface area (Å²) in [5.41, 5.74) is 6.71. The van der Waals surface area contributed by atoms with Crippen LogP contribution in [-0.2, 0) is 0 Å². The van der Waals surface area contributed by atoms with Crippen LogP contribution in [0.5, 0.6) is 0 Å². The molecule has 0 heterocycles. The Morgan fingerprint density at radius 2 is 1.74 bits per heavy atom. The molecule has 0 bridgehead atoms. The molecule has 0 aromatic rings. The fourth-order valence-corrected chi connectivity index (χ4v) is 2.48. The summed E-state index contributed by atoms with van der Waals surface area (Å²) in [5.74, 6) is 0. The molecule has 1 atom stereocenters. The molecule has 0 radical (unpaired) electrons. The largest absolute Gasteiger partial charge is 0.390 e. The summed E-state index contributed by atoms with van der Waals surface area (Å²) >= 11 is 0. The quantitative estimate of drug-likeness (QED) is 0.236. The fraction of sp³-hybridized carbons (Fsp3) is 0.706. The second-order valence-electron chi connectivity index (χ2n) is 5.54. The normalized spacial score (nSPS) is 15.6. The van der Waals surface area contributed by atoms with Crippen molar-refractivity contribution in [1.82, 2.24) is 0 Å². The molecule has 0 aliphatic rings. The molecular weight excluding hydrogens is 232 g/mol. The van der Waals surface area contributed by atoms with Crippen LogP contribution in [0.1, 0.15) is 72.1 Å². The molecule has 19 heavy (non-hydrogen) atoms. The molecule has 0 rings (SSSR count). The number of allylic oxidation sites excluding steroid dienone is 3. The molecule has 0 saturated carbocycles. The summed E-state index contributed by atoms with van der Waals surface area (Å²) in [5, 5.41) is 0. The first-order valence-corrected chi connectivity index (χ1v) is 7.72. The van der Waals surface area contributed by atoms with Gasteiger partial charge in [-0.2, -0.15) is 0 Å². The Morgan fingerprint density at radius 3 is 2.26 bits per heavy atom. The summed E-state index contributed by atoms with van der Waals surface area (Å²) in [4.78, 5) is 4.38. The average molecular weight is 264 g/mol. The van der Waals surface area contributed by atoms with Crippen LogP contribution >= 0.6 is 0 Å². The maximum absolute atomic E-state index is 5.49. The van der Waals surface area contributed by atoms with Crippen LogP contribution < -0.4 is 5.73 Å². The first-order chi connectivity index (χ1) is 9.14. The van der Waals surface area contributed by atoms with Crippen molar-refractivity contribution in [2.24, 2.45) is 16.1 Å². The van der Waals surface area contributed by atoms with Crippen LogP contribution in [0.4, 0.5) is 0 Å². The topological polar surface area (TPSA) is 38.4 Å². The monoisotopic (exact) mass is 264 g/mol. The van der Waals surface area contributed by atoms with Gasteiger partial charge in [0, 0.05) is 11.1 Å². The predicted octanol–water partition coefficient (Wildman–Crippen LogP) is 5.21. The zero-order valence-corrected chi connectivity index (χ0v) is 13.1.